The Balaban J connectivity index is 3.01. The van der Waals surface area contributed by atoms with Gasteiger partial charge in [0, 0.05) is 24.7 Å². The van der Waals surface area contributed by atoms with Gasteiger partial charge in [0.2, 0.25) is 11.8 Å². The molecule has 29 heavy (non-hydrogen) atoms. The van der Waals surface area contributed by atoms with Gasteiger partial charge in [-0.05, 0) is 52.5 Å². The number of carboxylic acids is 1. The molecule has 0 spiro atoms. The number of nitrogens with one attached hydrogen (secondary N) is 1. The van der Waals surface area contributed by atoms with Crippen LogP contribution >= 0.6 is 0 Å². The van der Waals surface area contributed by atoms with Crippen molar-refractivity contribution in [2.24, 2.45) is 5.41 Å². The highest BCUT2D eigenvalue weighted by Gasteiger charge is 2.38. The molecular formula is C22H39N3O4. The Morgan fingerprint density at radius 3 is 2.34 bits per heavy atom. The van der Waals surface area contributed by atoms with Crippen molar-refractivity contribution in [3.63, 3.8) is 0 Å². The summed E-state index contributed by atoms with van der Waals surface area (Å²) in [5, 5.41) is 12.1. The predicted octanol–water partition coefficient (Wildman–Crippen LogP) is 2.66. The van der Waals surface area contributed by atoms with Gasteiger partial charge in [0.15, 0.2) is 0 Å². The number of carbonyl (C=O) groups excluding carboxylic acids is 2. The molecule has 1 aliphatic heterocycles. The van der Waals surface area contributed by atoms with E-state index in [-0.39, 0.29) is 36.0 Å². The van der Waals surface area contributed by atoms with Gasteiger partial charge >= 0.3 is 5.97 Å². The van der Waals surface area contributed by atoms with E-state index in [1.54, 1.807) is 4.90 Å². The highest BCUT2D eigenvalue weighted by Crippen LogP contribution is 2.24. The Bertz CT molecular complexity index is 622. The summed E-state index contributed by atoms with van der Waals surface area (Å²) in [4.78, 5) is 41.2. The molecule has 1 fully saturated rings. The molecule has 0 aliphatic carbocycles. The Morgan fingerprint density at radius 1 is 1.24 bits per heavy atom. The highest BCUT2D eigenvalue weighted by molar-refractivity contribution is 5.91. The van der Waals surface area contributed by atoms with Crippen molar-refractivity contribution in [1.29, 1.82) is 0 Å². The maximum Gasteiger partial charge on any atom is 0.331 e. The predicted molar refractivity (Wildman–Crippen MR) is 115 cm³/mol. The summed E-state index contributed by atoms with van der Waals surface area (Å²) in [5.74, 6) is -1.28. The Morgan fingerprint density at radius 2 is 1.86 bits per heavy atom. The summed E-state index contributed by atoms with van der Waals surface area (Å²) >= 11 is 0. The standard InChI is InChI=1S/C22H39N3O4/c1-8-24(14-12-16(4)21(28)29)20(27)18(22(5,6)7)23-19(26)17-11-9-10-13-25(17)15(2)3/h12,15,17-18H,8-11,13-14H2,1-7H3,(H,23,26)(H,28,29)/b16-12+. The minimum Gasteiger partial charge on any atom is -0.478 e. The second-order valence-electron chi connectivity index (χ2n) is 9.22. The number of nitrogens with zero attached hydrogens (tertiary/aromatic N) is 2. The number of likely N-dealkylation sites (N-methyl/N-ethyl adjacent to an activating group) is 1. The molecule has 0 radical (unpaired) electrons. The maximum atomic E-state index is 13.3. The van der Waals surface area contributed by atoms with E-state index in [9.17, 15) is 14.4 Å². The van der Waals surface area contributed by atoms with Crippen LogP contribution in [-0.2, 0) is 14.4 Å². The molecule has 0 aromatic rings. The fourth-order valence-electron chi connectivity index (χ4n) is 3.63. The minimum absolute atomic E-state index is 0.0972. The first-order valence-corrected chi connectivity index (χ1v) is 10.6. The molecule has 1 heterocycles. The zero-order valence-electron chi connectivity index (χ0n) is 19.1. The van der Waals surface area contributed by atoms with Crippen LogP contribution in [0.4, 0.5) is 0 Å². The summed E-state index contributed by atoms with van der Waals surface area (Å²) in [6.07, 6.45) is 4.43. The third-order valence-corrected chi connectivity index (χ3v) is 5.56. The maximum absolute atomic E-state index is 13.3. The van der Waals surface area contributed by atoms with E-state index in [4.69, 9.17) is 5.11 Å². The lowest BCUT2D eigenvalue weighted by atomic mass is 9.85. The average molecular weight is 410 g/mol. The normalized spacial score (nSPS) is 19.7. The number of aliphatic carboxylic acids is 1. The zero-order chi connectivity index (χ0) is 22.4. The second kappa shape index (κ2) is 10.8. The van der Waals surface area contributed by atoms with Gasteiger partial charge in [-0.2, -0.15) is 0 Å². The number of carbonyl (C=O) groups is 3. The van der Waals surface area contributed by atoms with E-state index >= 15 is 0 Å². The van der Waals surface area contributed by atoms with Gasteiger partial charge in [-0.3, -0.25) is 14.5 Å². The van der Waals surface area contributed by atoms with E-state index < -0.39 is 17.4 Å². The molecule has 1 aliphatic rings. The molecule has 1 rings (SSSR count). The third kappa shape index (κ3) is 7.14. The molecule has 166 valence electrons. The van der Waals surface area contributed by atoms with Crippen molar-refractivity contribution in [2.45, 2.75) is 85.9 Å². The van der Waals surface area contributed by atoms with Crippen molar-refractivity contribution >= 4 is 17.8 Å². The summed E-state index contributed by atoms with van der Waals surface area (Å²) in [7, 11) is 0. The monoisotopic (exact) mass is 409 g/mol. The molecular weight excluding hydrogens is 370 g/mol. The molecule has 2 unspecified atom stereocenters. The van der Waals surface area contributed by atoms with E-state index in [1.165, 1.54) is 13.0 Å². The van der Waals surface area contributed by atoms with Crippen LogP contribution in [0, 0.1) is 5.41 Å². The van der Waals surface area contributed by atoms with E-state index in [0.717, 1.165) is 25.8 Å². The SMILES string of the molecule is CCN(C/C=C(\C)C(=O)O)C(=O)C(NC(=O)C1CCCCN1C(C)C)C(C)(C)C. The molecule has 2 atom stereocenters. The van der Waals surface area contributed by atoms with Crippen LogP contribution in [0.15, 0.2) is 11.6 Å². The van der Waals surface area contributed by atoms with Gasteiger partial charge < -0.3 is 15.3 Å². The summed E-state index contributed by atoms with van der Waals surface area (Å²) < 4.78 is 0. The van der Waals surface area contributed by atoms with Gasteiger partial charge in [0.05, 0.1) is 6.04 Å². The smallest absolute Gasteiger partial charge is 0.331 e. The number of piperidine rings is 1. The van der Waals surface area contributed by atoms with Crippen LogP contribution in [0.2, 0.25) is 0 Å². The first kappa shape index (κ1) is 25.1. The Kier molecular flexibility index (Phi) is 9.33. The highest BCUT2D eigenvalue weighted by atomic mass is 16.4. The molecule has 2 amide bonds. The van der Waals surface area contributed by atoms with Gasteiger partial charge in [-0.1, -0.05) is 33.3 Å². The average Bonchev–Trinajstić information content (AvgIpc) is 2.64. The summed E-state index contributed by atoms with van der Waals surface area (Å²) in [6.45, 7) is 14.9. The minimum atomic E-state index is -1.000. The van der Waals surface area contributed by atoms with Crippen molar-refractivity contribution in [1.82, 2.24) is 15.1 Å². The fraction of sp³-hybridized carbons (Fsp3) is 0.773. The number of rotatable bonds is 8. The number of likely N-dealkylation sites (tertiary alicyclic amines) is 1. The van der Waals surface area contributed by atoms with E-state index in [0.29, 0.717) is 6.54 Å². The summed E-state index contributed by atoms with van der Waals surface area (Å²) in [5.41, 5.74) is -0.273. The lowest BCUT2D eigenvalue weighted by molar-refractivity contribution is -0.141. The lowest BCUT2D eigenvalue weighted by Crippen LogP contribution is -2.60. The number of hydrogen-bond donors (Lipinski definition) is 2. The van der Waals surface area contributed by atoms with Crippen LogP contribution in [0.1, 0.15) is 67.7 Å². The van der Waals surface area contributed by atoms with Crippen molar-refractivity contribution < 1.29 is 19.5 Å². The summed E-state index contributed by atoms with van der Waals surface area (Å²) in [6, 6.07) is -0.624. The van der Waals surface area contributed by atoms with Crippen molar-refractivity contribution in [3.8, 4) is 0 Å². The first-order chi connectivity index (χ1) is 13.4. The fourth-order valence-corrected chi connectivity index (χ4v) is 3.63. The van der Waals surface area contributed by atoms with Gasteiger partial charge in [0.25, 0.3) is 0 Å². The number of carboxylic acid groups (broad SMARTS) is 1. The van der Waals surface area contributed by atoms with Crippen LogP contribution in [0.5, 0.6) is 0 Å². The second-order valence-corrected chi connectivity index (χ2v) is 9.22. The van der Waals surface area contributed by atoms with E-state index in [2.05, 4.69) is 24.1 Å². The molecule has 0 bridgehead atoms. The Hall–Kier alpha value is -1.89. The molecule has 2 N–H and O–H groups in total. The van der Waals surface area contributed by atoms with Crippen LogP contribution < -0.4 is 5.32 Å². The van der Waals surface area contributed by atoms with Crippen molar-refractivity contribution in [2.75, 3.05) is 19.6 Å². The largest absolute Gasteiger partial charge is 0.478 e. The third-order valence-electron chi connectivity index (χ3n) is 5.56. The molecule has 0 aromatic carbocycles. The first-order valence-electron chi connectivity index (χ1n) is 10.6. The van der Waals surface area contributed by atoms with Crippen molar-refractivity contribution in [3.05, 3.63) is 11.6 Å². The number of hydrogen-bond acceptors (Lipinski definition) is 4. The van der Waals surface area contributed by atoms with Gasteiger partial charge in [0.1, 0.15) is 6.04 Å². The zero-order valence-corrected chi connectivity index (χ0v) is 19.1. The molecule has 7 nitrogen and oxygen atoms in total. The van der Waals surface area contributed by atoms with Gasteiger partial charge in [-0.15, -0.1) is 0 Å². The lowest BCUT2D eigenvalue weighted by Gasteiger charge is -2.40. The molecule has 7 heteroatoms. The van der Waals surface area contributed by atoms with Crippen LogP contribution in [-0.4, -0.2) is 70.4 Å². The quantitative estimate of drug-likeness (QED) is 0.602. The topological polar surface area (TPSA) is 90.0 Å². The number of amides is 2. The van der Waals surface area contributed by atoms with Crippen LogP contribution in [0.25, 0.3) is 0 Å². The molecule has 0 aromatic heterocycles. The Labute approximate surface area is 175 Å². The van der Waals surface area contributed by atoms with E-state index in [1.807, 2.05) is 27.7 Å². The molecule has 1 saturated heterocycles. The van der Waals surface area contributed by atoms with Gasteiger partial charge in [-0.25, -0.2) is 4.79 Å². The molecule has 0 saturated carbocycles. The van der Waals surface area contributed by atoms with Crippen LogP contribution in [0.3, 0.4) is 0 Å².